The first kappa shape index (κ1) is 15.6. The summed E-state index contributed by atoms with van der Waals surface area (Å²) in [6.45, 7) is 3.90. The van der Waals surface area contributed by atoms with Gasteiger partial charge >= 0.3 is 6.01 Å². The molecule has 0 radical (unpaired) electrons. The predicted molar refractivity (Wildman–Crippen MR) is 83.1 cm³/mol. The zero-order valence-corrected chi connectivity index (χ0v) is 13.5. The summed E-state index contributed by atoms with van der Waals surface area (Å²) in [5, 5.41) is 7.69. The maximum atomic E-state index is 5.94. The normalized spacial score (nSPS) is 13.8. The number of likely N-dealkylation sites (N-methyl/N-ethyl adjacent to an activating group) is 1. The molecule has 6 heteroatoms. The Hall–Kier alpha value is -1.75. The van der Waals surface area contributed by atoms with E-state index in [2.05, 4.69) is 23.2 Å². The number of alkyl halides is 1. The molecule has 0 saturated heterocycles. The number of methoxy groups -OCH3 is 1. The van der Waals surface area contributed by atoms with Gasteiger partial charge in [0.25, 0.3) is 0 Å². The van der Waals surface area contributed by atoms with Crippen molar-refractivity contribution in [2.75, 3.05) is 19.1 Å². The molecule has 114 valence electrons. The van der Waals surface area contributed by atoms with Gasteiger partial charge in [-0.2, -0.15) is 0 Å². The van der Waals surface area contributed by atoms with E-state index in [4.69, 9.17) is 20.8 Å². The first-order valence-electron chi connectivity index (χ1n) is 6.85. The lowest BCUT2D eigenvalue weighted by atomic mass is 10.1. The fourth-order valence-corrected chi connectivity index (χ4v) is 2.13. The summed E-state index contributed by atoms with van der Waals surface area (Å²) in [5.74, 6) is 1.32. The first-order chi connectivity index (χ1) is 10.0. The SMILES string of the molecule is COc1ccccc1CC(C)N(C)c1nnc(C(C)Cl)o1. The number of nitrogens with zero attached hydrogens (tertiary/aromatic N) is 3. The third-order valence-electron chi connectivity index (χ3n) is 3.44. The van der Waals surface area contributed by atoms with Crippen LogP contribution >= 0.6 is 11.6 Å². The van der Waals surface area contributed by atoms with Crippen LogP contribution in [0.25, 0.3) is 0 Å². The standard InChI is InChI=1S/C15H20ClN3O2/c1-10(9-12-7-5-6-8-13(12)20-4)19(3)15-18-17-14(21-15)11(2)16/h5-8,10-11H,9H2,1-4H3. The van der Waals surface area contributed by atoms with E-state index >= 15 is 0 Å². The summed E-state index contributed by atoms with van der Waals surface area (Å²) in [7, 11) is 3.61. The van der Waals surface area contributed by atoms with Crippen molar-refractivity contribution in [3.63, 3.8) is 0 Å². The molecule has 21 heavy (non-hydrogen) atoms. The van der Waals surface area contributed by atoms with Crippen molar-refractivity contribution in [1.29, 1.82) is 0 Å². The van der Waals surface area contributed by atoms with E-state index in [0.29, 0.717) is 11.9 Å². The molecular weight excluding hydrogens is 290 g/mol. The molecule has 0 saturated carbocycles. The Morgan fingerprint density at radius 1 is 1.29 bits per heavy atom. The number of halogens is 1. The van der Waals surface area contributed by atoms with E-state index in [9.17, 15) is 0 Å². The minimum Gasteiger partial charge on any atom is -0.496 e. The second kappa shape index (κ2) is 6.80. The molecule has 1 aromatic heterocycles. The van der Waals surface area contributed by atoms with Crippen LogP contribution in [0.5, 0.6) is 5.75 Å². The Bertz CT molecular complexity index is 586. The van der Waals surface area contributed by atoms with Crippen molar-refractivity contribution in [1.82, 2.24) is 10.2 Å². The van der Waals surface area contributed by atoms with Crippen molar-refractivity contribution < 1.29 is 9.15 Å². The van der Waals surface area contributed by atoms with Crippen molar-refractivity contribution in [2.24, 2.45) is 0 Å². The highest BCUT2D eigenvalue weighted by Crippen LogP contribution is 2.24. The Balaban J connectivity index is 2.09. The largest absolute Gasteiger partial charge is 0.496 e. The molecule has 2 rings (SSSR count). The van der Waals surface area contributed by atoms with E-state index in [1.165, 1.54) is 0 Å². The molecule has 1 aromatic carbocycles. The van der Waals surface area contributed by atoms with Gasteiger partial charge in [-0.15, -0.1) is 16.7 Å². The zero-order valence-electron chi connectivity index (χ0n) is 12.7. The molecule has 2 atom stereocenters. The van der Waals surface area contributed by atoms with E-state index in [0.717, 1.165) is 17.7 Å². The molecule has 0 amide bonds. The number of para-hydroxylation sites is 1. The third kappa shape index (κ3) is 3.67. The van der Waals surface area contributed by atoms with Crippen LogP contribution in [0, 0.1) is 0 Å². The number of aromatic nitrogens is 2. The van der Waals surface area contributed by atoms with Gasteiger partial charge in [-0.1, -0.05) is 23.3 Å². The summed E-state index contributed by atoms with van der Waals surface area (Å²) in [6.07, 6.45) is 0.814. The fraction of sp³-hybridized carbons (Fsp3) is 0.467. The second-order valence-electron chi connectivity index (χ2n) is 5.01. The Labute approximate surface area is 129 Å². The van der Waals surface area contributed by atoms with Crippen LogP contribution in [0.2, 0.25) is 0 Å². The number of rotatable bonds is 6. The molecule has 5 nitrogen and oxygen atoms in total. The zero-order chi connectivity index (χ0) is 15.4. The molecule has 0 spiro atoms. The second-order valence-corrected chi connectivity index (χ2v) is 5.67. The van der Waals surface area contributed by atoms with Crippen LogP contribution in [0.15, 0.2) is 28.7 Å². The van der Waals surface area contributed by atoms with Crippen LogP contribution < -0.4 is 9.64 Å². The molecule has 2 aromatic rings. The van der Waals surface area contributed by atoms with E-state index in [-0.39, 0.29) is 11.4 Å². The van der Waals surface area contributed by atoms with Gasteiger partial charge in [0.05, 0.1) is 7.11 Å². The number of anilines is 1. The minimum atomic E-state index is -0.288. The van der Waals surface area contributed by atoms with Crippen LogP contribution in [-0.4, -0.2) is 30.4 Å². The molecule has 0 aliphatic carbocycles. The van der Waals surface area contributed by atoms with Gasteiger partial charge in [0.15, 0.2) is 0 Å². The van der Waals surface area contributed by atoms with Crippen LogP contribution in [-0.2, 0) is 6.42 Å². The highest BCUT2D eigenvalue weighted by molar-refractivity contribution is 6.20. The number of hydrogen-bond acceptors (Lipinski definition) is 5. The smallest absolute Gasteiger partial charge is 0.318 e. The quantitative estimate of drug-likeness (QED) is 0.765. The van der Waals surface area contributed by atoms with Crippen molar-refractivity contribution >= 4 is 17.6 Å². The van der Waals surface area contributed by atoms with Gasteiger partial charge in [-0.3, -0.25) is 0 Å². The Morgan fingerprint density at radius 3 is 2.62 bits per heavy atom. The predicted octanol–water partition coefficient (Wildman–Crippen LogP) is 3.45. The van der Waals surface area contributed by atoms with Gasteiger partial charge in [-0.25, -0.2) is 0 Å². The molecule has 0 aliphatic heterocycles. The van der Waals surface area contributed by atoms with Gasteiger partial charge in [-0.05, 0) is 31.9 Å². The number of ether oxygens (including phenoxy) is 1. The number of benzene rings is 1. The van der Waals surface area contributed by atoms with Crippen LogP contribution in [0.1, 0.15) is 30.7 Å². The molecule has 0 aliphatic rings. The van der Waals surface area contributed by atoms with Crippen molar-refractivity contribution in [3.8, 4) is 5.75 Å². The number of hydrogen-bond donors (Lipinski definition) is 0. The molecular formula is C15H20ClN3O2. The summed E-state index contributed by atoms with van der Waals surface area (Å²) in [5.41, 5.74) is 1.14. The van der Waals surface area contributed by atoms with Crippen LogP contribution in [0.4, 0.5) is 6.01 Å². The molecule has 0 N–H and O–H groups in total. The lowest BCUT2D eigenvalue weighted by Gasteiger charge is -2.23. The average Bonchev–Trinajstić information content (AvgIpc) is 2.97. The van der Waals surface area contributed by atoms with E-state index < -0.39 is 0 Å². The van der Waals surface area contributed by atoms with Crippen molar-refractivity contribution in [3.05, 3.63) is 35.7 Å². The Morgan fingerprint density at radius 2 is 2.00 bits per heavy atom. The maximum absolute atomic E-state index is 5.94. The molecule has 1 heterocycles. The topological polar surface area (TPSA) is 51.4 Å². The van der Waals surface area contributed by atoms with Gasteiger partial charge in [0.2, 0.25) is 5.89 Å². The maximum Gasteiger partial charge on any atom is 0.318 e. The van der Waals surface area contributed by atoms with Crippen molar-refractivity contribution in [2.45, 2.75) is 31.7 Å². The molecule has 0 bridgehead atoms. The van der Waals surface area contributed by atoms with E-state index in [1.54, 1.807) is 14.0 Å². The third-order valence-corrected chi connectivity index (χ3v) is 3.63. The Kier molecular flexibility index (Phi) is 5.07. The first-order valence-corrected chi connectivity index (χ1v) is 7.28. The molecule has 2 unspecified atom stereocenters. The molecule has 0 fully saturated rings. The monoisotopic (exact) mass is 309 g/mol. The summed E-state index contributed by atoms with van der Waals surface area (Å²) < 4.78 is 10.9. The minimum absolute atomic E-state index is 0.181. The lowest BCUT2D eigenvalue weighted by Crippen LogP contribution is -2.31. The van der Waals surface area contributed by atoms with Gasteiger partial charge < -0.3 is 14.1 Å². The lowest BCUT2D eigenvalue weighted by molar-refractivity contribution is 0.407. The van der Waals surface area contributed by atoms with Gasteiger partial charge in [0, 0.05) is 13.1 Å². The summed E-state index contributed by atoms with van der Waals surface area (Å²) in [4.78, 5) is 1.95. The fourth-order valence-electron chi connectivity index (χ4n) is 2.05. The highest BCUT2D eigenvalue weighted by atomic mass is 35.5. The van der Waals surface area contributed by atoms with E-state index in [1.807, 2.05) is 30.1 Å². The van der Waals surface area contributed by atoms with Gasteiger partial charge in [0.1, 0.15) is 11.1 Å². The highest BCUT2D eigenvalue weighted by Gasteiger charge is 2.19. The summed E-state index contributed by atoms with van der Waals surface area (Å²) >= 11 is 5.94. The summed E-state index contributed by atoms with van der Waals surface area (Å²) in [6, 6.07) is 8.64. The average molecular weight is 310 g/mol. The van der Waals surface area contributed by atoms with Crippen LogP contribution in [0.3, 0.4) is 0 Å².